The SMILES string of the molecule is N#CCc1c(-c2ccccc2)nc2scc(-c3ccc4c(c3)OCO4)n12. The van der Waals surface area contributed by atoms with Crippen LogP contribution in [0.1, 0.15) is 5.69 Å². The van der Waals surface area contributed by atoms with Crippen molar-refractivity contribution < 1.29 is 9.47 Å². The second-order valence-electron chi connectivity index (χ2n) is 5.91. The number of nitrogens with zero attached hydrogens (tertiary/aromatic N) is 3. The summed E-state index contributed by atoms with van der Waals surface area (Å²) >= 11 is 1.57. The molecule has 0 fully saturated rings. The summed E-state index contributed by atoms with van der Waals surface area (Å²) in [5.41, 5.74) is 4.80. The van der Waals surface area contributed by atoms with Gasteiger partial charge in [0.15, 0.2) is 16.5 Å². The zero-order chi connectivity index (χ0) is 17.5. The Labute approximate surface area is 153 Å². The van der Waals surface area contributed by atoms with E-state index in [2.05, 4.69) is 15.8 Å². The zero-order valence-electron chi connectivity index (χ0n) is 13.7. The second-order valence-corrected chi connectivity index (χ2v) is 6.75. The topological polar surface area (TPSA) is 59.5 Å². The third kappa shape index (κ3) is 2.25. The number of ether oxygens (including phenoxy) is 2. The Morgan fingerprint density at radius 1 is 1.08 bits per heavy atom. The molecule has 4 aromatic rings. The molecule has 5 rings (SSSR count). The van der Waals surface area contributed by atoms with Crippen molar-refractivity contribution in [2.75, 3.05) is 6.79 Å². The van der Waals surface area contributed by atoms with Crippen molar-refractivity contribution in [2.24, 2.45) is 0 Å². The molecule has 0 atom stereocenters. The minimum Gasteiger partial charge on any atom is -0.454 e. The van der Waals surface area contributed by atoms with Crippen molar-refractivity contribution in [1.29, 1.82) is 5.26 Å². The van der Waals surface area contributed by atoms with Crippen LogP contribution in [0, 0.1) is 11.3 Å². The van der Waals surface area contributed by atoms with E-state index in [0.717, 1.165) is 44.7 Å². The van der Waals surface area contributed by atoms with Gasteiger partial charge >= 0.3 is 0 Å². The molecule has 0 aliphatic carbocycles. The molecule has 0 bridgehead atoms. The maximum absolute atomic E-state index is 9.37. The van der Waals surface area contributed by atoms with Crippen LogP contribution >= 0.6 is 11.3 Å². The summed E-state index contributed by atoms with van der Waals surface area (Å²) in [4.78, 5) is 5.67. The molecule has 0 radical (unpaired) electrons. The van der Waals surface area contributed by atoms with Crippen LogP contribution in [0.2, 0.25) is 0 Å². The summed E-state index contributed by atoms with van der Waals surface area (Å²) in [6, 6.07) is 18.2. The Bertz CT molecular complexity index is 1160. The highest BCUT2D eigenvalue weighted by molar-refractivity contribution is 7.15. The van der Waals surface area contributed by atoms with Crippen molar-refractivity contribution in [1.82, 2.24) is 9.38 Å². The minimum atomic E-state index is 0.251. The lowest BCUT2D eigenvalue weighted by Crippen LogP contribution is -1.95. The molecule has 1 aliphatic rings. The number of fused-ring (bicyclic) bond motifs is 2. The van der Waals surface area contributed by atoms with Crippen molar-refractivity contribution in [3.05, 3.63) is 59.6 Å². The Morgan fingerprint density at radius 2 is 1.92 bits per heavy atom. The molecule has 2 aromatic carbocycles. The van der Waals surface area contributed by atoms with E-state index in [1.165, 1.54) is 0 Å². The van der Waals surface area contributed by atoms with E-state index >= 15 is 0 Å². The fraction of sp³-hybridized carbons (Fsp3) is 0.100. The van der Waals surface area contributed by atoms with E-state index in [0.29, 0.717) is 6.42 Å². The third-order valence-electron chi connectivity index (χ3n) is 4.42. The third-order valence-corrected chi connectivity index (χ3v) is 5.25. The summed E-state index contributed by atoms with van der Waals surface area (Å²) in [7, 11) is 0. The maximum Gasteiger partial charge on any atom is 0.231 e. The van der Waals surface area contributed by atoms with Gasteiger partial charge in [-0.05, 0) is 18.2 Å². The Kier molecular flexibility index (Phi) is 3.40. The van der Waals surface area contributed by atoms with E-state index < -0.39 is 0 Å². The molecule has 3 heterocycles. The van der Waals surface area contributed by atoms with Gasteiger partial charge in [-0.3, -0.25) is 4.40 Å². The highest BCUT2D eigenvalue weighted by Crippen LogP contribution is 2.38. The second kappa shape index (κ2) is 5.90. The van der Waals surface area contributed by atoms with Gasteiger partial charge in [-0.2, -0.15) is 5.26 Å². The Hall–Kier alpha value is -3.30. The quantitative estimate of drug-likeness (QED) is 0.539. The maximum atomic E-state index is 9.37. The zero-order valence-corrected chi connectivity index (χ0v) is 14.5. The summed E-state index contributed by atoms with van der Waals surface area (Å²) in [6.45, 7) is 0.251. The molecule has 6 heteroatoms. The van der Waals surface area contributed by atoms with E-state index in [-0.39, 0.29) is 6.79 Å². The van der Waals surface area contributed by atoms with Gasteiger partial charge < -0.3 is 9.47 Å². The van der Waals surface area contributed by atoms with Gasteiger partial charge in [0.25, 0.3) is 0 Å². The van der Waals surface area contributed by atoms with Crippen LogP contribution in [0.4, 0.5) is 0 Å². The summed E-state index contributed by atoms with van der Waals surface area (Å²) in [5.74, 6) is 1.50. The van der Waals surface area contributed by atoms with Crippen LogP contribution in [-0.2, 0) is 6.42 Å². The average molecular weight is 359 g/mol. The largest absolute Gasteiger partial charge is 0.454 e. The van der Waals surface area contributed by atoms with Crippen molar-refractivity contribution in [2.45, 2.75) is 6.42 Å². The van der Waals surface area contributed by atoms with Crippen molar-refractivity contribution in [3.8, 4) is 40.1 Å². The first-order chi connectivity index (χ1) is 12.8. The molecule has 0 N–H and O–H groups in total. The molecule has 26 heavy (non-hydrogen) atoms. The molecule has 0 saturated carbocycles. The first-order valence-electron chi connectivity index (χ1n) is 8.16. The summed E-state index contributed by atoms with van der Waals surface area (Å²) in [6.07, 6.45) is 0.291. The molecule has 0 saturated heterocycles. The highest BCUT2D eigenvalue weighted by Gasteiger charge is 2.20. The molecular weight excluding hydrogens is 346 g/mol. The molecule has 0 amide bonds. The number of imidazole rings is 1. The van der Waals surface area contributed by atoms with E-state index in [1.54, 1.807) is 11.3 Å². The molecule has 1 aliphatic heterocycles. The number of hydrogen-bond donors (Lipinski definition) is 0. The molecule has 2 aromatic heterocycles. The predicted molar refractivity (Wildman–Crippen MR) is 99.4 cm³/mol. The molecule has 0 spiro atoms. The van der Waals surface area contributed by atoms with Crippen molar-refractivity contribution >= 4 is 16.3 Å². The van der Waals surface area contributed by atoms with Gasteiger partial charge in [0.05, 0.1) is 29.6 Å². The van der Waals surface area contributed by atoms with Crippen LogP contribution in [-0.4, -0.2) is 16.2 Å². The highest BCUT2D eigenvalue weighted by atomic mass is 32.1. The number of thiazole rings is 1. The van der Waals surface area contributed by atoms with E-state index in [1.807, 2.05) is 48.5 Å². The Morgan fingerprint density at radius 3 is 2.77 bits per heavy atom. The molecule has 126 valence electrons. The normalized spacial score (nSPS) is 12.4. The standard InChI is InChI=1S/C20H13N3O2S/c21-9-8-15-19(13-4-2-1-3-5-13)22-20-23(15)16(11-26-20)14-6-7-17-18(10-14)25-12-24-17/h1-7,10-11H,8,12H2. The number of aromatic nitrogens is 2. The van der Waals surface area contributed by atoms with E-state index in [9.17, 15) is 5.26 Å². The summed E-state index contributed by atoms with van der Waals surface area (Å²) in [5, 5.41) is 11.4. The van der Waals surface area contributed by atoms with Gasteiger partial charge in [-0.1, -0.05) is 30.3 Å². The van der Waals surface area contributed by atoms with Crippen LogP contribution in [0.15, 0.2) is 53.9 Å². The lowest BCUT2D eigenvalue weighted by Gasteiger charge is -2.06. The number of nitriles is 1. The van der Waals surface area contributed by atoms with Crippen molar-refractivity contribution in [3.63, 3.8) is 0 Å². The van der Waals surface area contributed by atoms with Crippen LogP contribution in [0.3, 0.4) is 0 Å². The van der Waals surface area contributed by atoms with Crippen LogP contribution in [0.5, 0.6) is 11.5 Å². The van der Waals surface area contributed by atoms with E-state index in [4.69, 9.17) is 14.5 Å². The molecular formula is C20H13N3O2S. The fourth-order valence-electron chi connectivity index (χ4n) is 3.24. The summed E-state index contributed by atoms with van der Waals surface area (Å²) < 4.78 is 13.0. The average Bonchev–Trinajstić information content (AvgIpc) is 3.38. The lowest BCUT2D eigenvalue weighted by atomic mass is 10.1. The predicted octanol–water partition coefficient (Wildman–Crippen LogP) is 4.52. The van der Waals surface area contributed by atoms with Gasteiger partial charge in [0.2, 0.25) is 6.79 Å². The first kappa shape index (κ1) is 15.0. The smallest absolute Gasteiger partial charge is 0.231 e. The van der Waals surface area contributed by atoms with Crippen LogP contribution in [0.25, 0.3) is 27.5 Å². The monoisotopic (exact) mass is 359 g/mol. The lowest BCUT2D eigenvalue weighted by molar-refractivity contribution is 0.174. The number of hydrogen-bond acceptors (Lipinski definition) is 5. The first-order valence-corrected chi connectivity index (χ1v) is 9.04. The molecule has 0 unspecified atom stereocenters. The minimum absolute atomic E-state index is 0.251. The van der Waals surface area contributed by atoms with Crippen LogP contribution < -0.4 is 9.47 Å². The van der Waals surface area contributed by atoms with Gasteiger partial charge in [-0.15, -0.1) is 11.3 Å². The fourth-order valence-corrected chi connectivity index (χ4v) is 4.15. The number of rotatable bonds is 3. The van der Waals surface area contributed by atoms with Gasteiger partial charge in [0.1, 0.15) is 0 Å². The van der Waals surface area contributed by atoms with Gasteiger partial charge in [0, 0.05) is 16.5 Å². The Balaban J connectivity index is 1.73. The molecule has 5 nitrogen and oxygen atoms in total. The van der Waals surface area contributed by atoms with Gasteiger partial charge in [-0.25, -0.2) is 4.98 Å². The number of benzene rings is 2.